The molecule has 2 aromatic carbocycles. The van der Waals surface area contributed by atoms with Gasteiger partial charge in [-0.2, -0.15) is 0 Å². The van der Waals surface area contributed by atoms with E-state index in [1.807, 2.05) is 0 Å². The van der Waals surface area contributed by atoms with Crippen molar-refractivity contribution in [1.29, 1.82) is 0 Å². The largest absolute Gasteiger partial charge is 0.378 e. The van der Waals surface area contributed by atoms with Crippen LogP contribution in [0.4, 0.5) is 5.69 Å². The van der Waals surface area contributed by atoms with Gasteiger partial charge in [0.05, 0.1) is 6.04 Å². The second-order valence-electron chi connectivity index (χ2n) is 5.49. The molecule has 0 saturated carbocycles. The van der Waals surface area contributed by atoms with E-state index < -0.39 is 0 Å². The Morgan fingerprint density at radius 1 is 0.905 bits per heavy atom. The van der Waals surface area contributed by atoms with Gasteiger partial charge in [-0.3, -0.25) is 0 Å². The van der Waals surface area contributed by atoms with Crippen molar-refractivity contribution in [1.82, 2.24) is 0 Å². The Labute approximate surface area is 129 Å². The molecular weight excluding hydrogens is 274 g/mol. The van der Waals surface area contributed by atoms with Gasteiger partial charge in [0, 0.05) is 10.6 Å². The van der Waals surface area contributed by atoms with Crippen LogP contribution < -0.4 is 5.32 Å². The molecule has 0 amide bonds. The number of hydrogen-bond acceptors (Lipinski definition) is 2. The summed E-state index contributed by atoms with van der Waals surface area (Å²) in [7, 11) is 0. The van der Waals surface area contributed by atoms with E-state index in [1.165, 1.54) is 27.3 Å². The van der Waals surface area contributed by atoms with Gasteiger partial charge in [-0.15, -0.1) is 11.3 Å². The molecule has 1 atom stereocenters. The van der Waals surface area contributed by atoms with Gasteiger partial charge in [0.1, 0.15) is 0 Å². The van der Waals surface area contributed by atoms with Crippen LogP contribution in [0.1, 0.15) is 23.6 Å². The second-order valence-corrected chi connectivity index (χ2v) is 6.44. The maximum atomic E-state index is 3.67. The number of hydrogen-bond donors (Lipinski definition) is 1. The smallest absolute Gasteiger partial charge is 0.0517 e. The molecule has 1 N–H and O–H groups in total. The summed E-state index contributed by atoms with van der Waals surface area (Å²) in [6.45, 7) is 0. The van der Waals surface area contributed by atoms with Crippen LogP contribution in [0.5, 0.6) is 0 Å². The molecule has 2 heteroatoms. The number of anilines is 1. The van der Waals surface area contributed by atoms with E-state index in [0.717, 1.165) is 12.8 Å². The van der Waals surface area contributed by atoms with Gasteiger partial charge < -0.3 is 5.32 Å². The van der Waals surface area contributed by atoms with Crippen molar-refractivity contribution < 1.29 is 0 Å². The van der Waals surface area contributed by atoms with Crippen LogP contribution >= 0.6 is 11.3 Å². The van der Waals surface area contributed by atoms with Crippen molar-refractivity contribution in [2.75, 3.05) is 5.32 Å². The predicted molar refractivity (Wildman–Crippen MR) is 90.9 cm³/mol. The quantitative estimate of drug-likeness (QED) is 0.656. The number of thiophene rings is 1. The van der Waals surface area contributed by atoms with Gasteiger partial charge in [-0.1, -0.05) is 48.5 Å². The highest BCUT2D eigenvalue weighted by Crippen LogP contribution is 2.33. The average molecular weight is 291 g/mol. The zero-order valence-electron chi connectivity index (χ0n) is 11.8. The lowest BCUT2D eigenvalue weighted by atomic mass is 9.93. The van der Waals surface area contributed by atoms with Crippen LogP contribution in [-0.4, -0.2) is 0 Å². The number of nitrogens with one attached hydrogen (secondary N) is 1. The molecule has 104 valence electrons. The number of para-hydroxylation sites is 1. The van der Waals surface area contributed by atoms with Gasteiger partial charge in [0.15, 0.2) is 0 Å². The highest BCUT2D eigenvalue weighted by atomic mass is 32.1. The van der Waals surface area contributed by atoms with E-state index in [0.29, 0.717) is 6.04 Å². The molecule has 0 saturated heterocycles. The third kappa shape index (κ3) is 2.47. The Balaban J connectivity index is 1.58. The number of aryl methyl sites for hydroxylation is 1. The first kappa shape index (κ1) is 12.7. The average Bonchev–Trinajstić information content (AvgIpc) is 3.09. The normalized spacial score (nSPS) is 17.0. The maximum absolute atomic E-state index is 3.67. The van der Waals surface area contributed by atoms with Crippen LogP contribution in [0.25, 0.3) is 10.4 Å². The van der Waals surface area contributed by atoms with Crippen molar-refractivity contribution in [2.45, 2.75) is 18.9 Å². The highest BCUT2D eigenvalue weighted by molar-refractivity contribution is 7.13. The summed E-state index contributed by atoms with van der Waals surface area (Å²) < 4.78 is 0. The molecule has 0 radical (unpaired) electrons. The predicted octanol–water partition coefficient (Wildman–Crippen LogP) is 5.51. The first-order chi connectivity index (χ1) is 10.4. The SMILES string of the molecule is c1csc(-c2ccc(C3CCc4ccccc4N3)cc2)c1. The lowest BCUT2D eigenvalue weighted by Crippen LogP contribution is -2.17. The van der Waals surface area contributed by atoms with Gasteiger partial charge >= 0.3 is 0 Å². The van der Waals surface area contributed by atoms with E-state index in [1.54, 1.807) is 11.3 Å². The van der Waals surface area contributed by atoms with Crippen LogP contribution in [0.3, 0.4) is 0 Å². The summed E-state index contributed by atoms with van der Waals surface area (Å²) in [6.07, 6.45) is 2.32. The second kappa shape index (κ2) is 5.38. The Hall–Kier alpha value is -2.06. The summed E-state index contributed by atoms with van der Waals surface area (Å²) in [4.78, 5) is 1.34. The van der Waals surface area contributed by atoms with E-state index >= 15 is 0 Å². The maximum Gasteiger partial charge on any atom is 0.0517 e. The van der Waals surface area contributed by atoms with E-state index in [-0.39, 0.29) is 0 Å². The third-order valence-electron chi connectivity index (χ3n) is 4.17. The molecule has 0 bridgehead atoms. The molecule has 1 aromatic heterocycles. The minimum atomic E-state index is 0.428. The summed E-state index contributed by atoms with van der Waals surface area (Å²) in [5.41, 5.74) is 5.41. The van der Waals surface area contributed by atoms with Gasteiger partial charge in [-0.25, -0.2) is 0 Å². The first-order valence-electron chi connectivity index (χ1n) is 7.38. The summed E-state index contributed by atoms with van der Waals surface area (Å²) >= 11 is 1.79. The van der Waals surface area contributed by atoms with E-state index in [2.05, 4.69) is 71.4 Å². The third-order valence-corrected chi connectivity index (χ3v) is 5.09. The molecule has 1 aliphatic rings. The van der Waals surface area contributed by atoms with Crippen molar-refractivity contribution >= 4 is 17.0 Å². The molecule has 0 aliphatic carbocycles. The number of rotatable bonds is 2. The standard InChI is InChI=1S/C19H17NS/c1-2-5-17-14(4-1)11-12-18(20-17)15-7-9-16(10-8-15)19-6-3-13-21-19/h1-10,13,18,20H,11-12H2. The summed E-state index contributed by atoms with van der Waals surface area (Å²) in [5.74, 6) is 0. The summed E-state index contributed by atoms with van der Waals surface area (Å²) in [5, 5.41) is 5.80. The minimum absolute atomic E-state index is 0.428. The topological polar surface area (TPSA) is 12.0 Å². The van der Waals surface area contributed by atoms with Crippen molar-refractivity contribution in [3.8, 4) is 10.4 Å². The lowest BCUT2D eigenvalue weighted by molar-refractivity contribution is 0.668. The molecule has 2 heterocycles. The lowest BCUT2D eigenvalue weighted by Gasteiger charge is -2.27. The molecule has 1 nitrogen and oxygen atoms in total. The zero-order valence-corrected chi connectivity index (χ0v) is 12.6. The fourth-order valence-corrected chi connectivity index (χ4v) is 3.74. The fourth-order valence-electron chi connectivity index (χ4n) is 3.01. The van der Waals surface area contributed by atoms with Gasteiger partial charge in [-0.05, 0) is 47.0 Å². The van der Waals surface area contributed by atoms with Crippen molar-refractivity contribution in [3.05, 3.63) is 77.2 Å². The number of benzene rings is 2. The van der Waals surface area contributed by atoms with Crippen LogP contribution in [0.2, 0.25) is 0 Å². The molecular formula is C19H17NS. The molecule has 0 fully saturated rings. The summed E-state index contributed by atoms with van der Waals surface area (Å²) in [6, 6.07) is 22.3. The molecule has 3 aromatic rings. The zero-order chi connectivity index (χ0) is 14.1. The Morgan fingerprint density at radius 3 is 2.57 bits per heavy atom. The molecule has 1 unspecified atom stereocenters. The monoisotopic (exact) mass is 291 g/mol. The van der Waals surface area contributed by atoms with E-state index in [9.17, 15) is 0 Å². The fraction of sp³-hybridized carbons (Fsp3) is 0.158. The van der Waals surface area contributed by atoms with Crippen molar-refractivity contribution in [3.63, 3.8) is 0 Å². The molecule has 21 heavy (non-hydrogen) atoms. The van der Waals surface area contributed by atoms with Crippen LogP contribution in [-0.2, 0) is 6.42 Å². The van der Waals surface area contributed by atoms with Crippen LogP contribution in [0.15, 0.2) is 66.0 Å². The Morgan fingerprint density at radius 2 is 1.76 bits per heavy atom. The molecule has 1 aliphatic heterocycles. The Kier molecular flexibility index (Phi) is 3.24. The van der Waals surface area contributed by atoms with E-state index in [4.69, 9.17) is 0 Å². The molecule has 0 spiro atoms. The van der Waals surface area contributed by atoms with Crippen LogP contribution in [0, 0.1) is 0 Å². The van der Waals surface area contributed by atoms with Gasteiger partial charge in [0.2, 0.25) is 0 Å². The molecule has 4 rings (SSSR count). The Bertz CT molecular complexity index is 729. The van der Waals surface area contributed by atoms with Crippen molar-refractivity contribution in [2.24, 2.45) is 0 Å². The van der Waals surface area contributed by atoms with Gasteiger partial charge in [0.25, 0.3) is 0 Å². The highest BCUT2D eigenvalue weighted by Gasteiger charge is 2.18. The number of fused-ring (bicyclic) bond motifs is 1. The minimum Gasteiger partial charge on any atom is -0.378 e. The first-order valence-corrected chi connectivity index (χ1v) is 8.26.